The normalized spacial score (nSPS) is 10.7. The van der Waals surface area contributed by atoms with Gasteiger partial charge in [0.25, 0.3) is 0 Å². The first kappa shape index (κ1) is 12.3. The van der Waals surface area contributed by atoms with Crippen LogP contribution in [-0.4, -0.2) is 21.5 Å². The summed E-state index contributed by atoms with van der Waals surface area (Å²) in [6.07, 6.45) is 5.28. The molecule has 2 heterocycles. The summed E-state index contributed by atoms with van der Waals surface area (Å²) in [5, 5.41) is 3.25. The van der Waals surface area contributed by atoms with E-state index in [4.69, 9.17) is 10.5 Å². The number of methoxy groups -OCH3 is 1. The van der Waals surface area contributed by atoms with Crippen LogP contribution in [0.4, 0.5) is 11.6 Å². The number of benzene rings is 1. The van der Waals surface area contributed by atoms with Crippen molar-refractivity contribution in [2.24, 2.45) is 0 Å². The van der Waals surface area contributed by atoms with Crippen LogP contribution >= 0.6 is 0 Å². The average molecular weight is 269 g/mol. The molecular weight excluding hydrogens is 254 g/mol. The van der Waals surface area contributed by atoms with Gasteiger partial charge in [0.2, 0.25) is 0 Å². The van der Waals surface area contributed by atoms with Crippen LogP contribution in [0, 0.1) is 0 Å². The Morgan fingerprint density at radius 3 is 3.05 bits per heavy atom. The molecule has 6 heteroatoms. The highest BCUT2D eigenvalue weighted by molar-refractivity contribution is 5.65. The molecule has 0 saturated carbocycles. The number of aromatic nitrogens is 3. The number of nitrogens with two attached hydrogens (primary N) is 1. The lowest BCUT2D eigenvalue weighted by molar-refractivity contribution is 0.410. The quantitative estimate of drug-likeness (QED) is 0.756. The third kappa shape index (κ3) is 2.23. The summed E-state index contributed by atoms with van der Waals surface area (Å²) in [5.41, 5.74) is 7.57. The number of ether oxygens (including phenoxy) is 1. The largest absolute Gasteiger partial charge is 0.496 e. The number of anilines is 2. The molecule has 0 spiro atoms. The molecule has 0 aliphatic rings. The molecular formula is C14H15N5O. The molecule has 3 aromatic rings. The predicted molar refractivity (Wildman–Crippen MR) is 77.7 cm³/mol. The van der Waals surface area contributed by atoms with Crippen molar-refractivity contribution in [1.82, 2.24) is 14.4 Å². The maximum Gasteiger partial charge on any atom is 0.180 e. The molecule has 0 aliphatic heterocycles. The van der Waals surface area contributed by atoms with Gasteiger partial charge in [0.1, 0.15) is 11.6 Å². The molecule has 3 rings (SSSR count). The zero-order valence-corrected chi connectivity index (χ0v) is 11.1. The second kappa shape index (κ2) is 5.08. The van der Waals surface area contributed by atoms with E-state index in [9.17, 15) is 0 Å². The van der Waals surface area contributed by atoms with Gasteiger partial charge in [-0.1, -0.05) is 18.2 Å². The minimum Gasteiger partial charge on any atom is -0.496 e. The minimum atomic E-state index is 0.443. The number of fused-ring (bicyclic) bond motifs is 1. The Morgan fingerprint density at radius 2 is 2.20 bits per heavy atom. The third-order valence-corrected chi connectivity index (χ3v) is 3.03. The molecule has 0 unspecified atom stereocenters. The molecule has 2 aromatic heterocycles. The molecule has 0 fully saturated rings. The summed E-state index contributed by atoms with van der Waals surface area (Å²) in [6.45, 7) is 0.586. The van der Waals surface area contributed by atoms with Crippen molar-refractivity contribution in [3.63, 3.8) is 0 Å². The van der Waals surface area contributed by atoms with E-state index in [1.54, 1.807) is 19.5 Å². The van der Waals surface area contributed by atoms with E-state index in [-0.39, 0.29) is 0 Å². The molecule has 0 bridgehead atoms. The molecule has 3 N–H and O–H groups in total. The van der Waals surface area contributed by atoms with E-state index in [0.29, 0.717) is 18.2 Å². The van der Waals surface area contributed by atoms with Crippen LogP contribution in [0.15, 0.2) is 42.9 Å². The average Bonchev–Trinajstić information content (AvgIpc) is 2.93. The predicted octanol–water partition coefficient (Wildman–Crippen LogP) is 1.93. The Labute approximate surface area is 116 Å². The summed E-state index contributed by atoms with van der Waals surface area (Å²) in [5.74, 6) is 1.93. The van der Waals surface area contributed by atoms with Gasteiger partial charge >= 0.3 is 0 Å². The number of rotatable bonds is 4. The fraction of sp³-hybridized carbons (Fsp3) is 0.143. The van der Waals surface area contributed by atoms with Gasteiger partial charge in [-0.15, -0.1) is 0 Å². The Balaban J connectivity index is 1.88. The second-order valence-electron chi connectivity index (χ2n) is 4.34. The lowest BCUT2D eigenvalue weighted by atomic mass is 10.2. The van der Waals surface area contributed by atoms with Crippen molar-refractivity contribution in [2.75, 3.05) is 18.2 Å². The van der Waals surface area contributed by atoms with Crippen LogP contribution in [0.5, 0.6) is 5.75 Å². The van der Waals surface area contributed by atoms with E-state index < -0.39 is 0 Å². The number of nitrogens with one attached hydrogen (secondary N) is 1. The fourth-order valence-electron chi connectivity index (χ4n) is 2.10. The lowest BCUT2D eigenvalue weighted by Gasteiger charge is -2.11. The topological polar surface area (TPSA) is 77.5 Å². The van der Waals surface area contributed by atoms with Crippen LogP contribution in [0.3, 0.4) is 0 Å². The first-order valence-corrected chi connectivity index (χ1v) is 6.23. The fourth-order valence-corrected chi connectivity index (χ4v) is 2.10. The summed E-state index contributed by atoms with van der Waals surface area (Å²) < 4.78 is 7.16. The van der Waals surface area contributed by atoms with Crippen molar-refractivity contribution in [2.45, 2.75) is 6.54 Å². The third-order valence-electron chi connectivity index (χ3n) is 3.03. The van der Waals surface area contributed by atoms with E-state index in [1.807, 2.05) is 34.9 Å². The smallest absolute Gasteiger partial charge is 0.180 e. The van der Waals surface area contributed by atoms with E-state index in [0.717, 1.165) is 17.0 Å². The van der Waals surface area contributed by atoms with Gasteiger partial charge in [0.15, 0.2) is 11.5 Å². The summed E-state index contributed by atoms with van der Waals surface area (Å²) in [4.78, 5) is 8.55. The molecule has 0 saturated heterocycles. The highest BCUT2D eigenvalue weighted by atomic mass is 16.5. The van der Waals surface area contributed by atoms with Crippen LogP contribution in [0.25, 0.3) is 5.65 Å². The Kier molecular flexibility index (Phi) is 3.12. The first-order valence-electron chi connectivity index (χ1n) is 6.23. The van der Waals surface area contributed by atoms with Gasteiger partial charge in [-0.05, 0) is 6.07 Å². The maximum absolute atomic E-state index is 5.78. The number of hydrogen-bond acceptors (Lipinski definition) is 5. The Hall–Kier alpha value is -2.76. The van der Waals surface area contributed by atoms with Crippen molar-refractivity contribution < 1.29 is 4.74 Å². The van der Waals surface area contributed by atoms with Crippen molar-refractivity contribution >= 4 is 17.3 Å². The van der Waals surface area contributed by atoms with Crippen LogP contribution < -0.4 is 15.8 Å². The second-order valence-corrected chi connectivity index (χ2v) is 4.34. The van der Waals surface area contributed by atoms with Gasteiger partial charge in [-0.25, -0.2) is 9.97 Å². The first-order chi connectivity index (χ1) is 9.78. The monoisotopic (exact) mass is 269 g/mol. The highest BCUT2D eigenvalue weighted by Gasteiger charge is 2.07. The van der Waals surface area contributed by atoms with Crippen LogP contribution in [0.1, 0.15) is 5.56 Å². The number of para-hydroxylation sites is 1. The van der Waals surface area contributed by atoms with Gasteiger partial charge in [0.05, 0.1) is 13.3 Å². The summed E-state index contributed by atoms with van der Waals surface area (Å²) >= 11 is 0. The number of nitrogens with zero attached hydrogens (tertiary/aromatic N) is 3. The van der Waals surface area contributed by atoms with Gasteiger partial charge < -0.3 is 20.2 Å². The molecule has 0 amide bonds. The number of imidazole rings is 1. The van der Waals surface area contributed by atoms with Crippen molar-refractivity contribution in [1.29, 1.82) is 0 Å². The standard InChI is InChI=1S/C14H15N5O/c1-20-11-5-3-2-4-10(11)8-17-13-14-16-6-7-19(14)9-12(15)18-13/h2-7,9H,8,15H2,1H3,(H,17,18). The van der Waals surface area contributed by atoms with Crippen LogP contribution in [0.2, 0.25) is 0 Å². The van der Waals surface area contributed by atoms with Gasteiger partial charge in [-0.2, -0.15) is 0 Å². The van der Waals surface area contributed by atoms with Crippen LogP contribution in [-0.2, 0) is 6.54 Å². The molecule has 102 valence electrons. The zero-order chi connectivity index (χ0) is 13.9. The van der Waals surface area contributed by atoms with E-state index >= 15 is 0 Å². The lowest BCUT2D eigenvalue weighted by Crippen LogP contribution is -2.06. The molecule has 0 radical (unpaired) electrons. The minimum absolute atomic E-state index is 0.443. The maximum atomic E-state index is 5.78. The Morgan fingerprint density at radius 1 is 1.35 bits per heavy atom. The summed E-state index contributed by atoms with van der Waals surface area (Å²) in [6, 6.07) is 7.83. The van der Waals surface area contributed by atoms with Crippen molar-refractivity contribution in [3.05, 3.63) is 48.4 Å². The molecule has 0 aliphatic carbocycles. The van der Waals surface area contributed by atoms with E-state index in [1.165, 1.54) is 0 Å². The number of nitrogen functional groups attached to an aromatic ring is 1. The highest BCUT2D eigenvalue weighted by Crippen LogP contribution is 2.20. The number of hydrogen-bond donors (Lipinski definition) is 2. The van der Waals surface area contributed by atoms with Gasteiger partial charge in [0, 0.05) is 24.5 Å². The van der Waals surface area contributed by atoms with E-state index in [2.05, 4.69) is 15.3 Å². The Bertz CT molecular complexity index is 737. The van der Waals surface area contributed by atoms with Crippen molar-refractivity contribution in [3.8, 4) is 5.75 Å². The molecule has 0 atom stereocenters. The van der Waals surface area contributed by atoms with Gasteiger partial charge in [-0.3, -0.25) is 0 Å². The molecule has 20 heavy (non-hydrogen) atoms. The molecule has 1 aromatic carbocycles. The summed E-state index contributed by atoms with van der Waals surface area (Å²) in [7, 11) is 1.66. The SMILES string of the molecule is COc1ccccc1CNc1nc(N)cn2ccnc12. The zero-order valence-electron chi connectivity index (χ0n) is 11.1. The molecule has 6 nitrogen and oxygen atoms in total.